The van der Waals surface area contributed by atoms with Crippen molar-refractivity contribution in [1.29, 1.82) is 0 Å². The maximum absolute atomic E-state index is 12.2. The van der Waals surface area contributed by atoms with Crippen molar-refractivity contribution in [2.24, 2.45) is 5.92 Å². The van der Waals surface area contributed by atoms with Crippen molar-refractivity contribution < 1.29 is 18.3 Å². The predicted octanol–water partition coefficient (Wildman–Crippen LogP) is 1.63. The second-order valence-electron chi connectivity index (χ2n) is 4.46. The topological polar surface area (TPSA) is 71.4 Å². The molecule has 0 bridgehead atoms. The molecule has 2 rings (SSSR count). The van der Waals surface area contributed by atoms with Crippen LogP contribution in [0.4, 0.5) is 0 Å². The lowest BCUT2D eigenvalue weighted by Crippen LogP contribution is -2.32. The van der Waals surface area contributed by atoms with E-state index in [1.807, 2.05) is 0 Å². The average Bonchev–Trinajstić information content (AvgIpc) is 3.01. The van der Waals surface area contributed by atoms with Crippen LogP contribution in [0.3, 0.4) is 0 Å². The number of benzene rings is 1. The van der Waals surface area contributed by atoms with E-state index in [0.29, 0.717) is 12.8 Å². The Morgan fingerprint density at radius 1 is 1.41 bits per heavy atom. The van der Waals surface area contributed by atoms with E-state index in [4.69, 9.17) is 5.11 Å². The summed E-state index contributed by atoms with van der Waals surface area (Å²) < 4.78 is 24.5. The smallest absolute Gasteiger partial charge is 0.322 e. The Morgan fingerprint density at radius 3 is 2.53 bits per heavy atom. The van der Waals surface area contributed by atoms with Crippen LogP contribution in [0.1, 0.15) is 18.4 Å². The number of carboxylic acids is 1. The first-order valence-electron chi connectivity index (χ1n) is 5.46. The van der Waals surface area contributed by atoms with Gasteiger partial charge < -0.3 is 5.11 Å². The van der Waals surface area contributed by atoms with Gasteiger partial charge in [0, 0.05) is 0 Å². The van der Waals surface area contributed by atoms with E-state index in [1.165, 1.54) is 12.1 Å². The summed E-state index contributed by atoms with van der Waals surface area (Å²) in [6.07, 6.45) is 1.37. The highest BCUT2D eigenvalue weighted by Gasteiger charge is 2.45. The van der Waals surface area contributed by atoms with E-state index < -0.39 is 21.1 Å². The third-order valence-electron chi connectivity index (χ3n) is 2.95. The van der Waals surface area contributed by atoms with Crippen LogP contribution < -0.4 is 0 Å². The van der Waals surface area contributed by atoms with Gasteiger partial charge in [-0.2, -0.15) is 0 Å². The third kappa shape index (κ3) is 2.34. The van der Waals surface area contributed by atoms with Crippen LogP contribution in [0.25, 0.3) is 0 Å². The minimum absolute atomic E-state index is 0.108. The third-order valence-corrected chi connectivity index (χ3v) is 5.11. The van der Waals surface area contributed by atoms with E-state index in [1.54, 1.807) is 19.1 Å². The van der Waals surface area contributed by atoms with Gasteiger partial charge in [0.25, 0.3) is 0 Å². The number of carboxylic acid groups (broad SMARTS) is 1. The molecule has 1 fully saturated rings. The molecule has 0 aromatic heterocycles. The normalized spacial score (nSPS) is 17.7. The maximum Gasteiger partial charge on any atom is 0.322 e. The first-order valence-corrected chi connectivity index (χ1v) is 7.01. The van der Waals surface area contributed by atoms with Crippen molar-refractivity contribution in [3.05, 3.63) is 29.8 Å². The van der Waals surface area contributed by atoms with Crippen molar-refractivity contribution in [1.82, 2.24) is 0 Å². The van der Waals surface area contributed by atoms with Crippen LogP contribution in [0.5, 0.6) is 0 Å². The molecule has 0 heterocycles. The number of hydrogen-bond donors (Lipinski definition) is 1. The number of rotatable bonds is 4. The van der Waals surface area contributed by atoms with Crippen molar-refractivity contribution in [3.8, 4) is 0 Å². The Morgan fingerprint density at radius 2 is 2.06 bits per heavy atom. The first-order chi connectivity index (χ1) is 7.93. The number of sulfone groups is 1. The van der Waals surface area contributed by atoms with E-state index in [-0.39, 0.29) is 10.8 Å². The van der Waals surface area contributed by atoms with Crippen LogP contribution in [-0.2, 0) is 14.6 Å². The lowest BCUT2D eigenvalue weighted by atomic mass is 10.2. The van der Waals surface area contributed by atoms with Gasteiger partial charge in [-0.3, -0.25) is 4.79 Å². The van der Waals surface area contributed by atoms with Crippen molar-refractivity contribution in [3.63, 3.8) is 0 Å². The van der Waals surface area contributed by atoms with Gasteiger partial charge in [0.15, 0.2) is 15.1 Å². The summed E-state index contributed by atoms with van der Waals surface area (Å²) in [5, 5.41) is 7.78. The quantitative estimate of drug-likeness (QED) is 0.886. The van der Waals surface area contributed by atoms with Crippen LogP contribution >= 0.6 is 0 Å². The Balaban J connectivity index is 2.44. The number of carbonyl (C=O) groups is 1. The molecule has 1 aromatic carbocycles. The van der Waals surface area contributed by atoms with E-state index in [2.05, 4.69) is 0 Å². The summed E-state index contributed by atoms with van der Waals surface area (Å²) in [5.74, 6) is -1.47. The molecule has 1 saturated carbocycles. The largest absolute Gasteiger partial charge is 0.480 e. The molecule has 1 N–H and O–H groups in total. The zero-order chi connectivity index (χ0) is 12.6. The minimum atomic E-state index is -3.76. The summed E-state index contributed by atoms with van der Waals surface area (Å²) in [5.41, 5.74) is 0.811. The molecule has 1 aliphatic carbocycles. The first kappa shape index (κ1) is 12.1. The van der Waals surface area contributed by atoms with Crippen LogP contribution in [0.2, 0.25) is 0 Å². The summed E-state index contributed by atoms with van der Waals surface area (Å²) in [4.78, 5) is 11.2. The molecular weight excluding hydrogens is 240 g/mol. The molecule has 1 unspecified atom stereocenters. The molecule has 0 spiro atoms. The van der Waals surface area contributed by atoms with Gasteiger partial charge in [-0.15, -0.1) is 0 Å². The highest BCUT2D eigenvalue weighted by atomic mass is 32.2. The molecule has 0 amide bonds. The summed E-state index contributed by atoms with van der Waals surface area (Å²) in [6, 6.07) is 6.40. The van der Waals surface area contributed by atoms with Crippen molar-refractivity contribution in [2.45, 2.75) is 29.9 Å². The number of aryl methyl sites for hydroxylation is 1. The van der Waals surface area contributed by atoms with Gasteiger partial charge in [0.2, 0.25) is 0 Å². The second-order valence-corrected chi connectivity index (χ2v) is 6.53. The average molecular weight is 254 g/mol. The lowest BCUT2D eigenvalue weighted by molar-refractivity contribution is -0.136. The number of aliphatic carboxylic acids is 1. The molecule has 1 aliphatic rings. The van der Waals surface area contributed by atoms with Crippen molar-refractivity contribution >= 4 is 15.8 Å². The molecule has 17 heavy (non-hydrogen) atoms. The Hall–Kier alpha value is -1.36. The molecule has 0 saturated heterocycles. The predicted molar refractivity (Wildman–Crippen MR) is 62.5 cm³/mol. The molecule has 5 heteroatoms. The summed E-state index contributed by atoms with van der Waals surface area (Å²) in [6.45, 7) is 1.78. The van der Waals surface area contributed by atoms with Gasteiger partial charge in [-0.1, -0.05) is 12.1 Å². The highest BCUT2D eigenvalue weighted by Crippen LogP contribution is 2.38. The maximum atomic E-state index is 12.2. The van der Waals surface area contributed by atoms with Crippen LogP contribution in [-0.4, -0.2) is 24.7 Å². The molecule has 0 aliphatic heterocycles. The summed E-state index contributed by atoms with van der Waals surface area (Å²) in [7, 11) is -3.76. The van der Waals surface area contributed by atoms with Gasteiger partial charge >= 0.3 is 5.97 Å². The fourth-order valence-corrected chi connectivity index (χ4v) is 3.88. The standard InChI is InChI=1S/C12H14O4S/c1-8-3-2-4-10(7-8)17(15,16)11(12(13)14)9-5-6-9/h2-4,7,9,11H,5-6H2,1H3,(H,13,14). The van der Waals surface area contributed by atoms with Gasteiger partial charge in [-0.25, -0.2) is 8.42 Å². The fraction of sp³-hybridized carbons (Fsp3) is 0.417. The molecular formula is C12H14O4S. The fourth-order valence-electron chi connectivity index (χ4n) is 1.93. The molecule has 4 nitrogen and oxygen atoms in total. The Labute approximate surface area is 100 Å². The lowest BCUT2D eigenvalue weighted by Gasteiger charge is -2.12. The van der Waals surface area contributed by atoms with Crippen molar-refractivity contribution in [2.75, 3.05) is 0 Å². The van der Waals surface area contributed by atoms with Gasteiger partial charge in [0.1, 0.15) is 0 Å². The second kappa shape index (κ2) is 4.14. The Bertz CT molecular complexity index is 543. The van der Waals surface area contributed by atoms with E-state index in [9.17, 15) is 13.2 Å². The molecule has 1 aromatic rings. The van der Waals surface area contributed by atoms with E-state index >= 15 is 0 Å². The SMILES string of the molecule is Cc1cccc(S(=O)(=O)C(C(=O)O)C2CC2)c1. The number of hydrogen-bond acceptors (Lipinski definition) is 3. The molecule has 0 radical (unpaired) electrons. The minimum Gasteiger partial charge on any atom is -0.480 e. The zero-order valence-corrected chi connectivity index (χ0v) is 10.3. The van der Waals surface area contributed by atoms with Gasteiger partial charge in [-0.05, 0) is 43.4 Å². The Kier molecular flexibility index (Phi) is 2.95. The monoisotopic (exact) mass is 254 g/mol. The van der Waals surface area contributed by atoms with Crippen LogP contribution in [0.15, 0.2) is 29.2 Å². The molecule has 1 atom stereocenters. The van der Waals surface area contributed by atoms with E-state index in [0.717, 1.165) is 5.56 Å². The molecule has 92 valence electrons. The van der Waals surface area contributed by atoms with Gasteiger partial charge in [0.05, 0.1) is 4.90 Å². The zero-order valence-electron chi connectivity index (χ0n) is 9.46. The van der Waals surface area contributed by atoms with Crippen LogP contribution in [0, 0.1) is 12.8 Å². The summed E-state index contributed by atoms with van der Waals surface area (Å²) >= 11 is 0. The highest BCUT2D eigenvalue weighted by molar-refractivity contribution is 7.92.